The summed E-state index contributed by atoms with van der Waals surface area (Å²) in [5, 5.41) is 3.67. The van der Waals surface area contributed by atoms with Gasteiger partial charge in [0.2, 0.25) is 0 Å². The molecule has 1 amide bonds. The van der Waals surface area contributed by atoms with Crippen LogP contribution in [0.4, 0.5) is 5.69 Å². The molecule has 0 spiro atoms. The van der Waals surface area contributed by atoms with Crippen LogP contribution >= 0.6 is 11.6 Å². The Bertz CT molecular complexity index is 1020. The van der Waals surface area contributed by atoms with Gasteiger partial charge in [-0.15, -0.1) is 0 Å². The standard InChI is InChI=1S/C25H25ClN2O3/c26-22-7-9-24(10-8-22)31-18-20-4-1-5-21(15-20)25(29)27-23-6-2-3-19(16-23)17-28-11-13-30-14-12-28/h1-10,15-16H,11-14,17-18H2,(H,27,29). The normalized spacial score (nSPS) is 14.2. The fraction of sp³-hybridized carbons (Fsp3) is 0.240. The minimum atomic E-state index is -0.142. The lowest BCUT2D eigenvalue weighted by atomic mass is 10.1. The fourth-order valence-electron chi connectivity index (χ4n) is 3.47. The number of nitrogens with zero attached hydrogens (tertiary/aromatic N) is 1. The number of morpholine rings is 1. The molecule has 4 rings (SSSR count). The van der Waals surface area contributed by atoms with E-state index in [1.165, 1.54) is 5.56 Å². The van der Waals surface area contributed by atoms with Crippen molar-refractivity contribution in [1.82, 2.24) is 4.90 Å². The summed E-state index contributed by atoms with van der Waals surface area (Å²) in [6, 6.07) is 22.7. The quantitative estimate of drug-likeness (QED) is 0.566. The van der Waals surface area contributed by atoms with Gasteiger partial charge >= 0.3 is 0 Å². The number of carbonyl (C=O) groups is 1. The second-order valence-corrected chi connectivity index (χ2v) is 7.92. The van der Waals surface area contributed by atoms with Gasteiger partial charge in [-0.05, 0) is 59.7 Å². The third-order valence-electron chi connectivity index (χ3n) is 5.10. The van der Waals surface area contributed by atoms with Crippen molar-refractivity contribution in [2.75, 3.05) is 31.6 Å². The fourth-order valence-corrected chi connectivity index (χ4v) is 3.59. The minimum absolute atomic E-state index is 0.142. The van der Waals surface area contributed by atoms with E-state index in [4.69, 9.17) is 21.1 Å². The average Bonchev–Trinajstić information content (AvgIpc) is 2.80. The van der Waals surface area contributed by atoms with E-state index < -0.39 is 0 Å². The molecule has 0 bridgehead atoms. The number of ether oxygens (including phenoxy) is 2. The van der Waals surface area contributed by atoms with Crippen LogP contribution in [0.5, 0.6) is 5.75 Å². The van der Waals surface area contributed by atoms with Gasteiger partial charge in [0.05, 0.1) is 13.2 Å². The van der Waals surface area contributed by atoms with Crippen LogP contribution in [0.25, 0.3) is 0 Å². The molecule has 0 aromatic heterocycles. The van der Waals surface area contributed by atoms with Crippen molar-refractivity contribution in [3.8, 4) is 5.75 Å². The van der Waals surface area contributed by atoms with Crippen LogP contribution in [0.2, 0.25) is 5.02 Å². The molecule has 1 heterocycles. The Kier molecular flexibility index (Phi) is 7.20. The highest BCUT2D eigenvalue weighted by Gasteiger charge is 2.12. The lowest BCUT2D eigenvalue weighted by molar-refractivity contribution is 0.0342. The summed E-state index contributed by atoms with van der Waals surface area (Å²) in [6.07, 6.45) is 0. The highest BCUT2D eigenvalue weighted by molar-refractivity contribution is 6.30. The summed E-state index contributed by atoms with van der Waals surface area (Å²) in [6.45, 7) is 4.63. The van der Waals surface area contributed by atoms with Gasteiger partial charge in [0, 0.05) is 35.9 Å². The molecule has 0 aliphatic carbocycles. The predicted molar refractivity (Wildman–Crippen MR) is 123 cm³/mol. The monoisotopic (exact) mass is 436 g/mol. The molecule has 1 aliphatic heterocycles. The van der Waals surface area contributed by atoms with E-state index in [1.54, 1.807) is 18.2 Å². The average molecular weight is 437 g/mol. The molecule has 1 saturated heterocycles. The van der Waals surface area contributed by atoms with Gasteiger partial charge in [0.1, 0.15) is 12.4 Å². The van der Waals surface area contributed by atoms with Crippen molar-refractivity contribution in [2.24, 2.45) is 0 Å². The van der Waals surface area contributed by atoms with Crippen LogP contribution in [0, 0.1) is 0 Å². The molecule has 6 heteroatoms. The van der Waals surface area contributed by atoms with Gasteiger partial charge in [0.25, 0.3) is 5.91 Å². The third kappa shape index (κ3) is 6.31. The van der Waals surface area contributed by atoms with Crippen LogP contribution in [0.3, 0.4) is 0 Å². The van der Waals surface area contributed by atoms with Crippen LogP contribution in [-0.4, -0.2) is 37.1 Å². The predicted octanol–water partition coefficient (Wildman–Crippen LogP) is 5.00. The third-order valence-corrected chi connectivity index (χ3v) is 5.36. The maximum Gasteiger partial charge on any atom is 0.255 e. The first kappa shape index (κ1) is 21.4. The Labute approximate surface area is 187 Å². The zero-order valence-electron chi connectivity index (χ0n) is 17.2. The summed E-state index contributed by atoms with van der Waals surface area (Å²) >= 11 is 5.90. The van der Waals surface area contributed by atoms with E-state index in [0.29, 0.717) is 17.2 Å². The van der Waals surface area contributed by atoms with Gasteiger partial charge in [-0.1, -0.05) is 35.9 Å². The van der Waals surface area contributed by atoms with Gasteiger partial charge in [-0.3, -0.25) is 9.69 Å². The second-order valence-electron chi connectivity index (χ2n) is 7.49. The van der Waals surface area contributed by atoms with E-state index in [9.17, 15) is 4.79 Å². The number of rotatable bonds is 7. The van der Waals surface area contributed by atoms with Crippen molar-refractivity contribution < 1.29 is 14.3 Å². The topological polar surface area (TPSA) is 50.8 Å². The highest BCUT2D eigenvalue weighted by Crippen LogP contribution is 2.18. The number of hydrogen-bond donors (Lipinski definition) is 1. The van der Waals surface area contributed by atoms with Crippen LogP contribution < -0.4 is 10.1 Å². The molecule has 3 aromatic rings. The highest BCUT2D eigenvalue weighted by atomic mass is 35.5. The molecule has 1 aliphatic rings. The van der Waals surface area contributed by atoms with Crippen molar-refractivity contribution in [1.29, 1.82) is 0 Å². The van der Waals surface area contributed by atoms with Gasteiger partial charge < -0.3 is 14.8 Å². The molecule has 31 heavy (non-hydrogen) atoms. The Hall–Kier alpha value is -2.86. The number of halogens is 1. The molecule has 0 radical (unpaired) electrons. The molecule has 5 nitrogen and oxygen atoms in total. The van der Waals surface area contributed by atoms with E-state index in [2.05, 4.69) is 16.3 Å². The molecule has 0 saturated carbocycles. The summed E-state index contributed by atoms with van der Waals surface area (Å²) < 4.78 is 11.2. The Morgan fingerprint density at radius 2 is 1.71 bits per heavy atom. The van der Waals surface area contributed by atoms with Crippen LogP contribution in [0.1, 0.15) is 21.5 Å². The van der Waals surface area contributed by atoms with Gasteiger partial charge in [-0.25, -0.2) is 0 Å². The molecule has 3 aromatic carbocycles. The molecule has 0 atom stereocenters. The summed E-state index contributed by atoms with van der Waals surface area (Å²) in [4.78, 5) is 15.1. The molecule has 1 fully saturated rings. The van der Waals surface area contributed by atoms with E-state index >= 15 is 0 Å². The molecule has 0 unspecified atom stereocenters. The molecular weight excluding hydrogens is 412 g/mol. The smallest absolute Gasteiger partial charge is 0.255 e. The molecule has 160 valence electrons. The number of amides is 1. The van der Waals surface area contributed by atoms with E-state index in [0.717, 1.165) is 49.8 Å². The Balaban J connectivity index is 1.36. The Morgan fingerprint density at radius 3 is 2.52 bits per heavy atom. The van der Waals surface area contributed by atoms with Crippen LogP contribution in [0.15, 0.2) is 72.8 Å². The zero-order valence-corrected chi connectivity index (χ0v) is 18.0. The number of carbonyl (C=O) groups excluding carboxylic acids is 1. The maximum absolute atomic E-state index is 12.8. The first-order valence-corrected chi connectivity index (χ1v) is 10.7. The Morgan fingerprint density at radius 1 is 0.968 bits per heavy atom. The van der Waals surface area contributed by atoms with E-state index in [1.807, 2.05) is 48.5 Å². The van der Waals surface area contributed by atoms with Crippen molar-refractivity contribution in [3.05, 3.63) is 94.5 Å². The first-order chi connectivity index (χ1) is 15.2. The van der Waals surface area contributed by atoms with Crippen molar-refractivity contribution in [3.63, 3.8) is 0 Å². The SMILES string of the molecule is O=C(Nc1cccc(CN2CCOCC2)c1)c1cccc(COc2ccc(Cl)cc2)c1. The van der Waals surface area contributed by atoms with Crippen molar-refractivity contribution >= 4 is 23.2 Å². The number of benzene rings is 3. The maximum atomic E-state index is 12.8. The second kappa shape index (κ2) is 10.4. The first-order valence-electron chi connectivity index (χ1n) is 10.3. The minimum Gasteiger partial charge on any atom is -0.489 e. The van der Waals surface area contributed by atoms with Crippen molar-refractivity contribution in [2.45, 2.75) is 13.2 Å². The largest absolute Gasteiger partial charge is 0.489 e. The lowest BCUT2D eigenvalue weighted by Gasteiger charge is -2.26. The van der Waals surface area contributed by atoms with E-state index in [-0.39, 0.29) is 5.91 Å². The zero-order chi connectivity index (χ0) is 21.5. The summed E-state index contributed by atoms with van der Waals surface area (Å²) in [5.41, 5.74) is 3.47. The number of hydrogen-bond acceptors (Lipinski definition) is 4. The summed E-state index contributed by atoms with van der Waals surface area (Å²) in [7, 11) is 0. The number of anilines is 1. The van der Waals surface area contributed by atoms with Crippen LogP contribution in [-0.2, 0) is 17.9 Å². The number of nitrogens with one attached hydrogen (secondary N) is 1. The lowest BCUT2D eigenvalue weighted by Crippen LogP contribution is -2.35. The molecule has 1 N–H and O–H groups in total. The van der Waals surface area contributed by atoms with Gasteiger partial charge in [-0.2, -0.15) is 0 Å². The summed E-state index contributed by atoms with van der Waals surface area (Å²) in [5.74, 6) is 0.591. The molecular formula is C25H25ClN2O3. The van der Waals surface area contributed by atoms with Gasteiger partial charge in [0.15, 0.2) is 0 Å².